The molecule has 0 aliphatic heterocycles. The maximum Gasteiger partial charge on any atom is 0.0177 e. The quantitative estimate of drug-likeness (QED) is 0.778. The number of benzene rings is 1. The Morgan fingerprint density at radius 1 is 1.40 bits per heavy atom. The third-order valence-electron chi connectivity index (χ3n) is 2.54. The molecule has 1 rings (SSSR count). The molecule has 1 N–H and O–H groups in total. The smallest absolute Gasteiger partial charge is 0.0177 e. The van der Waals surface area contributed by atoms with Gasteiger partial charge in [0.25, 0.3) is 0 Å². The maximum absolute atomic E-state index is 3.50. The summed E-state index contributed by atoms with van der Waals surface area (Å²) < 4.78 is 1.18. The summed E-state index contributed by atoms with van der Waals surface area (Å²) in [5.41, 5.74) is 1.42. The van der Waals surface area contributed by atoms with Gasteiger partial charge in [0.05, 0.1) is 0 Å². The molecule has 0 heterocycles. The molecule has 0 aliphatic carbocycles. The standard InChI is InChI=1S/C13H20BrN/c1-3-15-8-7-11(2)9-12-5-4-6-13(14)10-12/h4-6,10-11,15H,3,7-9H2,1-2H3. The lowest BCUT2D eigenvalue weighted by Gasteiger charge is -2.11. The van der Waals surface area contributed by atoms with Crippen LogP contribution in [0.25, 0.3) is 0 Å². The van der Waals surface area contributed by atoms with Gasteiger partial charge in [-0.25, -0.2) is 0 Å². The predicted octanol–water partition coefficient (Wildman–Crippen LogP) is 3.63. The Kier molecular flexibility index (Phi) is 5.96. The van der Waals surface area contributed by atoms with Crippen LogP contribution in [0.2, 0.25) is 0 Å². The fourth-order valence-electron chi connectivity index (χ4n) is 1.69. The van der Waals surface area contributed by atoms with E-state index in [-0.39, 0.29) is 0 Å². The van der Waals surface area contributed by atoms with Gasteiger partial charge in [-0.05, 0) is 49.5 Å². The van der Waals surface area contributed by atoms with Crippen LogP contribution in [0.15, 0.2) is 28.7 Å². The van der Waals surface area contributed by atoms with Gasteiger partial charge in [0.1, 0.15) is 0 Å². The van der Waals surface area contributed by atoms with Crippen molar-refractivity contribution in [1.82, 2.24) is 5.32 Å². The number of hydrogen-bond acceptors (Lipinski definition) is 1. The van der Waals surface area contributed by atoms with Crippen LogP contribution in [0.3, 0.4) is 0 Å². The summed E-state index contributed by atoms with van der Waals surface area (Å²) in [5, 5.41) is 3.37. The Hall–Kier alpha value is -0.340. The normalized spacial score (nSPS) is 12.7. The second kappa shape index (κ2) is 7.02. The van der Waals surface area contributed by atoms with Crippen LogP contribution < -0.4 is 5.32 Å². The Balaban J connectivity index is 2.34. The zero-order valence-corrected chi connectivity index (χ0v) is 11.2. The van der Waals surface area contributed by atoms with E-state index in [2.05, 4.69) is 59.4 Å². The van der Waals surface area contributed by atoms with E-state index in [1.165, 1.54) is 22.9 Å². The molecule has 84 valence electrons. The largest absolute Gasteiger partial charge is 0.317 e. The third-order valence-corrected chi connectivity index (χ3v) is 3.03. The first-order valence-corrected chi connectivity index (χ1v) is 6.46. The highest BCUT2D eigenvalue weighted by Crippen LogP contribution is 2.16. The molecule has 1 aromatic carbocycles. The molecule has 1 atom stereocenters. The summed E-state index contributed by atoms with van der Waals surface area (Å²) in [6.45, 7) is 6.67. The van der Waals surface area contributed by atoms with Gasteiger partial charge < -0.3 is 5.32 Å². The molecule has 2 heteroatoms. The Labute approximate surface area is 101 Å². The van der Waals surface area contributed by atoms with Gasteiger partial charge in [-0.15, -0.1) is 0 Å². The van der Waals surface area contributed by atoms with Crippen LogP contribution in [0.5, 0.6) is 0 Å². The van der Waals surface area contributed by atoms with Crippen molar-refractivity contribution < 1.29 is 0 Å². The fraction of sp³-hybridized carbons (Fsp3) is 0.538. The number of halogens is 1. The van der Waals surface area contributed by atoms with Crippen molar-refractivity contribution in [1.29, 1.82) is 0 Å². The minimum atomic E-state index is 0.748. The zero-order valence-electron chi connectivity index (χ0n) is 9.59. The first kappa shape index (κ1) is 12.7. The van der Waals surface area contributed by atoms with Gasteiger partial charge >= 0.3 is 0 Å². The molecular weight excluding hydrogens is 250 g/mol. The van der Waals surface area contributed by atoms with Crippen LogP contribution in [-0.4, -0.2) is 13.1 Å². The summed E-state index contributed by atoms with van der Waals surface area (Å²) >= 11 is 3.50. The van der Waals surface area contributed by atoms with Gasteiger partial charge in [-0.1, -0.05) is 41.9 Å². The van der Waals surface area contributed by atoms with Gasteiger partial charge in [0.15, 0.2) is 0 Å². The topological polar surface area (TPSA) is 12.0 Å². The highest BCUT2D eigenvalue weighted by molar-refractivity contribution is 9.10. The van der Waals surface area contributed by atoms with E-state index in [1.54, 1.807) is 0 Å². The van der Waals surface area contributed by atoms with E-state index in [0.717, 1.165) is 19.0 Å². The zero-order chi connectivity index (χ0) is 11.1. The molecule has 15 heavy (non-hydrogen) atoms. The van der Waals surface area contributed by atoms with E-state index in [0.29, 0.717) is 0 Å². The van der Waals surface area contributed by atoms with Crippen molar-refractivity contribution in [2.75, 3.05) is 13.1 Å². The number of hydrogen-bond donors (Lipinski definition) is 1. The number of nitrogens with one attached hydrogen (secondary N) is 1. The number of rotatable bonds is 6. The second-order valence-electron chi connectivity index (χ2n) is 4.08. The summed E-state index contributed by atoms with van der Waals surface area (Å²) in [4.78, 5) is 0. The van der Waals surface area contributed by atoms with Crippen molar-refractivity contribution in [3.63, 3.8) is 0 Å². The van der Waals surface area contributed by atoms with Crippen molar-refractivity contribution >= 4 is 15.9 Å². The molecule has 0 saturated carbocycles. The minimum absolute atomic E-state index is 0.748. The summed E-state index contributed by atoms with van der Waals surface area (Å²) in [6.07, 6.45) is 2.42. The van der Waals surface area contributed by atoms with Gasteiger partial charge in [0.2, 0.25) is 0 Å². The van der Waals surface area contributed by atoms with Crippen LogP contribution in [0.1, 0.15) is 25.8 Å². The average Bonchev–Trinajstić information content (AvgIpc) is 2.18. The molecule has 1 unspecified atom stereocenters. The highest BCUT2D eigenvalue weighted by Gasteiger charge is 2.03. The first-order valence-electron chi connectivity index (χ1n) is 5.67. The maximum atomic E-state index is 3.50. The lowest BCUT2D eigenvalue weighted by Crippen LogP contribution is -2.17. The fourth-order valence-corrected chi connectivity index (χ4v) is 2.14. The minimum Gasteiger partial charge on any atom is -0.317 e. The summed E-state index contributed by atoms with van der Waals surface area (Å²) in [5.74, 6) is 0.748. The molecule has 0 aromatic heterocycles. The van der Waals surface area contributed by atoms with Crippen molar-refractivity contribution in [3.05, 3.63) is 34.3 Å². The molecule has 0 bridgehead atoms. The molecular formula is C13H20BrN. The molecule has 0 saturated heterocycles. The molecule has 1 aromatic rings. The lowest BCUT2D eigenvalue weighted by atomic mass is 9.98. The average molecular weight is 270 g/mol. The molecule has 1 nitrogen and oxygen atoms in total. The van der Waals surface area contributed by atoms with Crippen molar-refractivity contribution in [2.24, 2.45) is 5.92 Å². The molecule has 0 aliphatic rings. The Morgan fingerprint density at radius 2 is 2.20 bits per heavy atom. The monoisotopic (exact) mass is 269 g/mol. The van der Waals surface area contributed by atoms with Gasteiger partial charge in [-0.2, -0.15) is 0 Å². The summed E-state index contributed by atoms with van der Waals surface area (Å²) in [6, 6.07) is 8.60. The lowest BCUT2D eigenvalue weighted by molar-refractivity contribution is 0.504. The van der Waals surface area contributed by atoms with E-state index in [9.17, 15) is 0 Å². The van der Waals surface area contributed by atoms with Crippen LogP contribution in [-0.2, 0) is 6.42 Å². The highest BCUT2D eigenvalue weighted by atomic mass is 79.9. The Bertz CT molecular complexity index is 286. The van der Waals surface area contributed by atoms with Gasteiger partial charge in [-0.3, -0.25) is 0 Å². The van der Waals surface area contributed by atoms with Crippen molar-refractivity contribution in [3.8, 4) is 0 Å². The van der Waals surface area contributed by atoms with Crippen LogP contribution in [0, 0.1) is 5.92 Å². The Morgan fingerprint density at radius 3 is 2.87 bits per heavy atom. The molecule has 0 amide bonds. The van der Waals surface area contributed by atoms with E-state index in [1.807, 2.05) is 0 Å². The molecule has 0 fully saturated rings. The van der Waals surface area contributed by atoms with Crippen molar-refractivity contribution in [2.45, 2.75) is 26.7 Å². The molecule has 0 spiro atoms. The second-order valence-corrected chi connectivity index (χ2v) is 5.00. The predicted molar refractivity (Wildman–Crippen MR) is 70.2 cm³/mol. The van der Waals surface area contributed by atoms with Gasteiger partial charge in [0, 0.05) is 4.47 Å². The SMILES string of the molecule is CCNCCC(C)Cc1cccc(Br)c1. The third kappa shape index (κ3) is 5.33. The van der Waals surface area contributed by atoms with Crippen LogP contribution in [0.4, 0.5) is 0 Å². The first-order chi connectivity index (χ1) is 7.22. The van der Waals surface area contributed by atoms with E-state index >= 15 is 0 Å². The summed E-state index contributed by atoms with van der Waals surface area (Å²) in [7, 11) is 0. The van der Waals surface area contributed by atoms with E-state index < -0.39 is 0 Å². The van der Waals surface area contributed by atoms with E-state index in [4.69, 9.17) is 0 Å². The molecule has 0 radical (unpaired) electrons. The van der Waals surface area contributed by atoms with Crippen LogP contribution >= 0.6 is 15.9 Å².